The third-order valence-electron chi connectivity index (χ3n) is 3.67. The van der Waals surface area contributed by atoms with Gasteiger partial charge in [0.2, 0.25) is 0 Å². The summed E-state index contributed by atoms with van der Waals surface area (Å²) in [5.41, 5.74) is 2.57. The Kier molecular flexibility index (Phi) is 2.70. The van der Waals surface area contributed by atoms with Crippen molar-refractivity contribution in [3.05, 3.63) is 35.1 Å². The zero-order valence-corrected chi connectivity index (χ0v) is 9.87. The standard InChI is InChI=1S/C13H15ClN2/c14-12-5-11(7-15-8-12)10-2-1-9-3-4-16-13(9)6-10/h2,5,7-9,13,16H,1,3-4,6H2. The predicted octanol–water partition coefficient (Wildman–Crippen LogP) is 2.89. The zero-order valence-electron chi connectivity index (χ0n) is 9.12. The van der Waals surface area contributed by atoms with E-state index in [-0.39, 0.29) is 0 Å². The average molecular weight is 235 g/mol. The molecule has 3 rings (SSSR count). The van der Waals surface area contributed by atoms with Gasteiger partial charge < -0.3 is 5.32 Å². The number of allylic oxidation sites excluding steroid dienone is 1. The first kappa shape index (κ1) is 10.3. The smallest absolute Gasteiger partial charge is 0.0595 e. The number of fused-ring (bicyclic) bond motifs is 1. The first-order chi connectivity index (χ1) is 7.83. The van der Waals surface area contributed by atoms with Crippen LogP contribution in [-0.2, 0) is 0 Å². The molecule has 0 aromatic carbocycles. The van der Waals surface area contributed by atoms with Gasteiger partial charge >= 0.3 is 0 Å². The second-order valence-electron chi connectivity index (χ2n) is 4.67. The predicted molar refractivity (Wildman–Crippen MR) is 66.4 cm³/mol. The van der Waals surface area contributed by atoms with Crippen molar-refractivity contribution in [3.63, 3.8) is 0 Å². The largest absolute Gasteiger partial charge is 0.313 e. The van der Waals surface area contributed by atoms with Gasteiger partial charge in [0.15, 0.2) is 0 Å². The lowest BCUT2D eigenvalue weighted by atomic mass is 9.84. The summed E-state index contributed by atoms with van der Waals surface area (Å²) in [6.07, 6.45) is 9.59. The van der Waals surface area contributed by atoms with Gasteiger partial charge in [0.05, 0.1) is 5.02 Å². The monoisotopic (exact) mass is 234 g/mol. The summed E-state index contributed by atoms with van der Waals surface area (Å²) in [4.78, 5) is 4.15. The molecule has 84 valence electrons. The SMILES string of the molecule is Clc1cncc(C2=CCC3CCNC3C2)c1. The number of pyridine rings is 1. The van der Waals surface area contributed by atoms with E-state index in [1.54, 1.807) is 6.20 Å². The van der Waals surface area contributed by atoms with E-state index in [2.05, 4.69) is 16.4 Å². The first-order valence-electron chi connectivity index (χ1n) is 5.86. The molecule has 1 aliphatic heterocycles. The van der Waals surface area contributed by atoms with Gasteiger partial charge in [-0.25, -0.2) is 0 Å². The number of nitrogens with zero attached hydrogens (tertiary/aromatic N) is 1. The number of aromatic nitrogens is 1. The molecule has 2 heterocycles. The lowest BCUT2D eigenvalue weighted by molar-refractivity contribution is 0.445. The van der Waals surface area contributed by atoms with Gasteiger partial charge in [-0.15, -0.1) is 0 Å². The minimum absolute atomic E-state index is 0.666. The zero-order chi connectivity index (χ0) is 11.0. The van der Waals surface area contributed by atoms with E-state index in [4.69, 9.17) is 11.6 Å². The highest BCUT2D eigenvalue weighted by atomic mass is 35.5. The van der Waals surface area contributed by atoms with Crippen LogP contribution in [0.3, 0.4) is 0 Å². The summed E-state index contributed by atoms with van der Waals surface area (Å²) in [7, 11) is 0. The molecule has 1 N–H and O–H groups in total. The topological polar surface area (TPSA) is 24.9 Å². The average Bonchev–Trinajstić information content (AvgIpc) is 2.75. The van der Waals surface area contributed by atoms with Gasteiger partial charge in [-0.05, 0) is 48.9 Å². The first-order valence-corrected chi connectivity index (χ1v) is 6.24. The van der Waals surface area contributed by atoms with Crippen molar-refractivity contribution in [3.8, 4) is 0 Å². The fraction of sp³-hybridized carbons (Fsp3) is 0.462. The van der Waals surface area contributed by atoms with Crippen molar-refractivity contribution in [2.75, 3.05) is 6.54 Å². The van der Waals surface area contributed by atoms with Gasteiger partial charge in [-0.3, -0.25) is 4.98 Å². The summed E-state index contributed by atoms with van der Waals surface area (Å²) in [6, 6.07) is 2.68. The Labute approximate surface area is 101 Å². The Morgan fingerprint density at radius 1 is 1.38 bits per heavy atom. The van der Waals surface area contributed by atoms with Crippen molar-refractivity contribution < 1.29 is 0 Å². The third kappa shape index (κ3) is 1.87. The quantitative estimate of drug-likeness (QED) is 0.808. The molecule has 1 aromatic rings. The van der Waals surface area contributed by atoms with Gasteiger partial charge in [-0.1, -0.05) is 17.7 Å². The normalized spacial score (nSPS) is 28.7. The van der Waals surface area contributed by atoms with Crippen LogP contribution in [0.4, 0.5) is 0 Å². The maximum absolute atomic E-state index is 5.97. The molecule has 2 unspecified atom stereocenters. The molecule has 0 saturated carbocycles. The van der Waals surface area contributed by atoms with Crippen LogP contribution in [0.1, 0.15) is 24.8 Å². The molecule has 2 nitrogen and oxygen atoms in total. The Balaban J connectivity index is 1.85. The minimum Gasteiger partial charge on any atom is -0.313 e. The van der Waals surface area contributed by atoms with E-state index >= 15 is 0 Å². The molecule has 0 spiro atoms. The van der Waals surface area contributed by atoms with Crippen LogP contribution in [-0.4, -0.2) is 17.6 Å². The second kappa shape index (κ2) is 4.19. The van der Waals surface area contributed by atoms with E-state index in [1.807, 2.05) is 12.3 Å². The van der Waals surface area contributed by atoms with Crippen molar-refractivity contribution in [1.29, 1.82) is 0 Å². The van der Waals surface area contributed by atoms with Gasteiger partial charge in [0.1, 0.15) is 0 Å². The van der Waals surface area contributed by atoms with Crippen molar-refractivity contribution in [2.24, 2.45) is 5.92 Å². The Bertz CT molecular complexity index is 428. The van der Waals surface area contributed by atoms with Crippen molar-refractivity contribution >= 4 is 17.2 Å². The van der Waals surface area contributed by atoms with Crippen LogP contribution in [0, 0.1) is 5.92 Å². The summed E-state index contributed by atoms with van der Waals surface area (Å²) in [5.74, 6) is 0.843. The summed E-state index contributed by atoms with van der Waals surface area (Å²) in [6.45, 7) is 1.17. The van der Waals surface area contributed by atoms with E-state index in [0.717, 1.165) is 17.4 Å². The van der Waals surface area contributed by atoms with E-state index in [0.29, 0.717) is 6.04 Å². The lowest BCUT2D eigenvalue weighted by Crippen LogP contribution is -2.29. The molecule has 2 aliphatic rings. The van der Waals surface area contributed by atoms with Crippen LogP contribution in [0.25, 0.3) is 5.57 Å². The van der Waals surface area contributed by atoms with Crippen LogP contribution in [0.2, 0.25) is 5.02 Å². The molecular weight excluding hydrogens is 220 g/mol. The summed E-state index contributed by atoms with van der Waals surface area (Å²) < 4.78 is 0. The highest BCUT2D eigenvalue weighted by molar-refractivity contribution is 6.30. The lowest BCUT2D eigenvalue weighted by Gasteiger charge is -2.25. The molecule has 1 fully saturated rings. The fourth-order valence-electron chi connectivity index (χ4n) is 2.78. The minimum atomic E-state index is 0.666. The van der Waals surface area contributed by atoms with Crippen molar-refractivity contribution in [1.82, 2.24) is 10.3 Å². The van der Waals surface area contributed by atoms with Crippen LogP contribution >= 0.6 is 11.6 Å². The van der Waals surface area contributed by atoms with Crippen LogP contribution < -0.4 is 5.32 Å². The summed E-state index contributed by atoms with van der Waals surface area (Å²) >= 11 is 5.97. The maximum Gasteiger partial charge on any atom is 0.0595 e. The molecule has 1 aliphatic carbocycles. The van der Waals surface area contributed by atoms with Gasteiger partial charge in [-0.2, -0.15) is 0 Å². The van der Waals surface area contributed by atoms with Crippen molar-refractivity contribution in [2.45, 2.75) is 25.3 Å². The molecule has 16 heavy (non-hydrogen) atoms. The Morgan fingerprint density at radius 2 is 2.31 bits per heavy atom. The molecule has 0 amide bonds. The molecule has 3 heteroatoms. The van der Waals surface area contributed by atoms with Gasteiger partial charge in [0, 0.05) is 18.4 Å². The van der Waals surface area contributed by atoms with E-state index in [9.17, 15) is 0 Å². The van der Waals surface area contributed by atoms with Crippen LogP contribution in [0.5, 0.6) is 0 Å². The maximum atomic E-state index is 5.97. The number of rotatable bonds is 1. The number of halogens is 1. The fourth-order valence-corrected chi connectivity index (χ4v) is 2.95. The number of hydrogen-bond acceptors (Lipinski definition) is 2. The highest BCUT2D eigenvalue weighted by Gasteiger charge is 2.29. The van der Waals surface area contributed by atoms with Crippen LogP contribution in [0.15, 0.2) is 24.5 Å². The highest BCUT2D eigenvalue weighted by Crippen LogP contribution is 2.34. The molecule has 0 radical (unpaired) electrons. The second-order valence-corrected chi connectivity index (χ2v) is 5.11. The molecule has 0 bridgehead atoms. The summed E-state index contributed by atoms with van der Waals surface area (Å²) in [5, 5.41) is 4.30. The molecular formula is C13H15ClN2. The number of hydrogen-bond donors (Lipinski definition) is 1. The van der Waals surface area contributed by atoms with Gasteiger partial charge in [0.25, 0.3) is 0 Å². The number of nitrogens with one attached hydrogen (secondary N) is 1. The Hall–Kier alpha value is -0.860. The third-order valence-corrected chi connectivity index (χ3v) is 3.88. The molecule has 1 aromatic heterocycles. The van der Waals surface area contributed by atoms with E-state index < -0.39 is 0 Å². The molecule has 1 saturated heterocycles. The van der Waals surface area contributed by atoms with E-state index in [1.165, 1.54) is 30.5 Å². The molecule has 2 atom stereocenters. The Morgan fingerprint density at radius 3 is 3.19 bits per heavy atom.